The van der Waals surface area contributed by atoms with Crippen LogP contribution in [0.2, 0.25) is 18.1 Å². The Morgan fingerprint density at radius 2 is 1.72 bits per heavy atom. The molecule has 25 heavy (non-hydrogen) atoms. The Bertz CT molecular complexity index is 397. The molecule has 4 heteroatoms. The van der Waals surface area contributed by atoms with E-state index in [-0.39, 0.29) is 29.0 Å². The van der Waals surface area contributed by atoms with E-state index in [1.165, 1.54) is 32.1 Å². The molecule has 1 rings (SSSR count). The van der Waals surface area contributed by atoms with E-state index in [2.05, 4.69) is 54.0 Å². The quantitative estimate of drug-likeness (QED) is 0.551. The summed E-state index contributed by atoms with van der Waals surface area (Å²) >= 11 is 0. The molecule has 1 saturated carbocycles. The van der Waals surface area contributed by atoms with Crippen molar-refractivity contribution in [3.05, 3.63) is 0 Å². The van der Waals surface area contributed by atoms with Crippen molar-refractivity contribution in [2.24, 2.45) is 23.5 Å². The minimum Gasteiger partial charge on any atom is -0.412 e. The molecule has 0 aliphatic heterocycles. The van der Waals surface area contributed by atoms with Crippen LogP contribution in [0.25, 0.3) is 0 Å². The van der Waals surface area contributed by atoms with E-state index in [9.17, 15) is 4.79 Å². The van der Waals surface area contributed by atoms with Crippen molar-refractivity contribution in [3.8, 4) is 0 Å². The van der Waals surface area contributed by atoms with E-state index in [1.807, 2.05) is 0 Å². The molecule has 1 aliphatic carbocycles. The Kier molecular flexibility index (Phi) is 8.83. The summed E-state index contributed by atoms with van der Waals surface area (Å²) in [5.74, 6) is 0.920. The predicted octanol–water partition coefficient (Wildman–Crippen LogP) is 5.45. The topological polar surface area (TPSA) is 52.3 Å². The lowest BCUT2D eigenvalue weighted by Gasteiger charge is -2.42. The van der Waals surface area contributed by atoms with Gasteiger partial charge in [0.05, 0.1) is 6.10 Å². The second-order valence-electron chi connectivity index (χ2n) is 10.0. The minimum absolute atomic E-state index is 0.0202. The summed E-state index contributed by atoms with van der Waals surface area (Å²) in [4.78, 5) is 11.4. The third-order valence-corrected chi connectivity index (χ3v) is 11.0. The standard InChI is InChI=1S/C21H42NO2Si/c1-16(2)18(15-23)14-20(24-25(6,7)21(3,4)5)19(22)13-17-11-9-8-10-12-17/h16-20H,8-14,22H2,1-7H3/t18-,19+,20+/m1/s1. The minimum atomic E-state index is -1.92. The molecule has 0 unspecified atom stereocenters. The van der Waals surface area contributed by atoms with Crippen LogP contribution in [0.3, 0.4) is 0 Å². The lowest BCUT2D eigenvalue weighted by atomic mass is 9.82. The van der Waals surface area contributed by atoms with E-state index >= 15 is 0 Å². The van der Waals surface area contributed by atoms with Gasteiger partial charge >= 0.3 is 0 Å². The van der Waals surface area contributed by atoms with Gasteiger partial charge in [-0.25, -0.2) is 0 Å². The summed E-state index contributed by atoms with van der Waals surface area (Å²) in [5.41, 5.74) is 6.67. The third-order valence-electron chi connectivity index (χ3n) is 6.50. The molecule has 0 saturated heterocycles. The fourth-order valence-electron chi connectivity index (χ4n) is 3.53. The van der Waals surface area contributed by atoms with Crippen molar-refractivity contribution in [1.29, 1.82) is 0 Å². The Morgan fingerprint density at radius 1 is 1.16 bits per heavy atom. The van der Waals surface area contributed by atoms with Crippen LogP contribution in [-0.4, -0.2) is 26.7 Å². The summed E-state index contributed by atoms with van der Waals surface area (Å²) in [6.07, 6.45) is 10.6. The average molecular weight is 369 g/mol. The monoisotopic (exact) mass is 368 g/mol. The van der Waals surface area contributed by atoms with Gasteiger partial charge in [0.25, 0.3) is 0 Å². The molecule has 1 aliphatic rings. The molecular formula is C21H42NO2Si. The fraction of sp³-hybridized carbons (Fsp3) is 0.952. The van der Waals surface area contributed by atoms with E-state index in [0.29, 0.717) is 6.42 Å². The highest BCUT2D eigenvalue weighted by atomic mass is 28.4. The van der Waals surface area contributed by atoms with Gasteiger partial charge in [0.15, 0.2) is 8.32 Å². The lowest BCUT2D eigenvalue weighted by Crippen LogP contribution is -2.50. The molecule has 0 amide bonds. The van der Waals surface area contributed by atoms with Gasteiger partial charge in [0.2, 0.25) is 6.29 Å². The van der Waals surface area contributed by atoms with Crippen molar-refractivity contribution in [3.63, 3.8) is 0 Å². The van der Waals surface area contributed by atoms with Gasteiger partial charge in [-0.15, -0.1) is 0 Å². The van der Waals surface area contributed by atoms with Crippen LogP contribution in [-0.2, 0) is 9.22 Å². The van der Waals surface area contributed by atoms with E-state index in [0.717, 1.165) is 12.3 Å². The maximum atomic E-state index is 11.4. The summed E-state index contributed by atoms with van der Waals surface area (Å²) in [7, 11) is -1.92. The lowest BCUT2D eigenvalue weighted by molar-refractivity contribution is 0.110. The summed E-state index contributed by atoms with van der Waals surface area (Å²) in [6, 6.07) is 0.0202. The first-order valence-electron chi connectivity index (χ1n) is 10.3. The van der Waals surface area contributed by atoms with Crippen molar-refractivity contribution < 1.29 is 9.22 Å². The maximum absolute atomic E-state index is 11.4. The molecule has 2 N–H and O–H groups in total. The zero-order valence-corrected chi connectivity index (χ0v) is 18.7. The molecular weight excluding hydrogens is 326 g/mol. The second kappa shape index (κ2) is 9.66. The highest BCUT2D eigenvalue weighted by Gasteiger charge is 2.41. The molecule has 0 bridgehead atoms. The summed E-state index contributed by atoms with van der Waals surface area (Å²) in [6.45, 7) is 15.5. The molecule has 147 valence electrons. The zero-order valence-electron chi connectivity index (χ0n) is 17.7. The Morgan fingerprint density at radius 3 is 2.16 bits per heavy atom. The Balaban J connectivity index is 2.86. The normalized spacial score (nSPS) is 21.2. The van der Waals surface area contributed by atoms with Crippen molar-refractivity contribution in [2.45, 2.75) is 110 Å². The first kappa shape index (κ1) is 22.8. The van der Waals surface area contributed by atoms with Crippen molar-refractivity contribution in [1.82, 2.24) is 0 Å². The summed E-state index contributed by atoms with van der Waals surface area (Å²) < 4.78 is 6.72. The SMILES string of the molecule is CC(C)[C@@H]([C]=O)C[C@H](O[Si](C)(C)C(C)(C)C)[C@@H](N)CC1CCCCC1. The molecule has 0 heterocycles. The van der Waals surface area contributed by atoms with Crippen molar-refractivity contribution >= 4 is 14.6 Å². The van der Waals surface area contributed by atoms with Gasteiger partial charge in [-0.1, -0.05) is 66.7 Å². The smallest absolute Gasteiger partial charge is 0.202 e. The van der Waals surface area contributed by atoms with Crippen LogP contribution in [0.15, 0.2) is 0 Å². The Labute approximate surface area is 157 Å². The predicted molar refractivity (Wildman–Crippen MR) is 110 cm³/mol. The van der Waals surface area contributed by atoms with E-state index < -0.39 is 8.32 Å². The zero-order chi connectivity index (χ0) is 19.3. The van der Waals surface area contributed by atoms with Crippen LogP contribution < -0.4 is 5.73 Å². The van der Waals surface area contributed by atoms with Gasteiger partial charge in [0.1, 0.15) is 0 Å². The first-order valence-corrected chi connectivity index (χ1v) is 13.2. The molecule has 0 spiro atoms. The highest BCUT2D eigenvalue weighted by Crippen LogP contribution is 2.39. The maximum Gasteiger partial charge on any atom is 0.202 e. The fourth-order valence-corrected chi connectivity index (χ4v) is 4.91. The first-order chi connectivity index (χ1) is 11.5. The van der Waals surface area contributed by atoms with Gasteiger partial charge in [0, 0.05) is 12.0 Å². The van der Waals surface area contributed by atoms with E-state index in [1.54, 1.807) is 0 Å². The molecule has 0 aromatic rings. The van der Waals surface area contributed by atoms with Crippen molar-refractivity contribution in [2.75, 3.05) is 0 Å². The number of hydrogen-bond donors (Lipinski definition) is 1. The largest absolute Gasteiger partial charge is 0.412 e. The molecule has 1 fully saturated rings. The van der Waals surface area contributed by atoms with Gasteiger partial charge in [-0.2, -0.15) is 0 Å². The third kappa shape index (κ3) is 7.14. The van der Waals surface area contributed by atoms with Gasteiger partial charge in [-0.3, -0.25) is 4.79 Å². The Hall–Kier alpha value is -0.193. The van der Waals surface area contributed by atoms with Gasteiger partial charge in [-0.05, 0) is 42.8 Å². The van der Waals surface area contributed by atoms with Crippen LogP contribution in [0, 0.1) is 17.8 Å². The van der Waals surface area contributed by atoms with Crippen LogP contribution in [0.5, 0.6) is 0 Å². The van der Waals surface area contributed by atoms with Crippen LogP contribution in [0.1, 0.15) is 79.6 Å². The average Bonchev–Trinajstić information content (AvgIpc) is 2.50. The van der Waals surface area contributed by atoms with Gasteiger partial charge < -0.3 is 10.2 Å². The van der Waals surface area contributed by atoms with Crippen LogP contribution >= 0.6 is 0 Å². The highest BCUT2D eigenvalue weighted by molar-refractivity contribution is 6.74. The number of nitrogens with two attached hydrogens (primary N) is 1. The molecule has 0 aromatic carbocycles. The number of hydrogen-bond acceptors (Lipinski definition) is 3. The molecule has 3 atom stereocenters. The number of carbonyl (C=O) groups excluding carboxylic acids is 1. The molecule has 3 nitrogen and oxygen atoms in total. The molecule has 0 aromatic heterocycles. The second-order valence-corrected chi connectivity index (χ2v) is 14.8. The molecule has 1 radical (unpaired) electrons. The number of rotatable bonds is 9. The van der Waals surface area contributed by atoms with Crippen LogP contribution in [0.4, 0.5) is 0 Å². The van der Waals surface area contributed by atoms with E-state index in [4.69, 9.17) is 10.2 Å². The summed E-state index contributed by atoms with van der Waals surface area (Å²) in [5, 5.41) is 0.147.